The van der Waals surface area contributed by atoms with Crippen molar-refractivity contribution in [2.75, 3.05) is 0 Å². The molecule has 0 radical (unpaired) electrons. The van der Waals surface area contributed by atoms with Crippen molar-refractivity contribution < 1.29 is 23.1 Å². The molecular formula is C11H12F3NO2. The van der Waals surface area contributed by atoms with Crippen molar-refractivity contribution in [3.63, 3.8) is 0 Å². The minimum Gasteiger partial charge on any atom is -0.481 e. The second kappa shape index (κ2) is 4.35. The van der Waals surface area contributed by atoms with E-state index in [-0.39, 0.29) is 12.0 Å². The molecule has 1 heterocycles. The fourth-order valence-electron chi connectivity index (χ4n) is 1.38. The molecule has 1 aromatic heterocycles. The van der Waals surface area contributed by atoms with Crippen LogP contribution in [-0.2, 0) is 17.4 Å². The normalized spacial score (nSPS) is 12.5. The maximum atomic E-state index is 12.6. The molecule has 0 aromatic carbocycles. The van der Waals surface area contributed by atoms with Crippen molar-refractivity contribution in [3.05, 3.63) is 29.6 Å². The molecule has 6 heteroatoms. The van der Waals surface area contributed by atoms with Gasteiger partial charge in [0.05, 0.1) is 11.0 Å². The molecule has 0 unspecified atom stereocenters. The zero-order chi connectivity index (χ0) is 13.3. The number of nitrogens with zero attached hydrogens (tertiary/aromatic N) is 1. The van der Waals surface area contributed by atoms with Gasteiger partial charge in [-0.3, -0.25) is 9.78 Å². The van der Waals surface area contributed by atoms with Crippen LogP contribution in [0.5, 0.6) is 0 Å². The van der Waals surface area contributed by atoms with Gasteiger partial charge in [0.15, 0.2) is 0 Å². The van der Waals surface area contributed by atoms with Crippen LogP contribution < -0.4 is 0 Å². The molecule has 0 aliphatic heterocycles. The van der Waals surface area contributed by atoms with E-state index in [2.05, 4.69) is 4.98 Å². The number of pyridine rings is 1. The lowest BCUT2D eigenvalue weighted by molar-refractivity contribution is -0.148. The highest BCUT2D eigenvalue weighted by Gasteiger charge is 2.36. The third-order valence-corrected chi connectivity index (χ3v) is 2.43. The summed E-state index contributed by atoms with van der Waals surface area (Å²) in [6.45, 7) is 2.77. The highest BCUT2D eigenvalue weighted by Crippen LogP contribution is 2.34. The summed E-state index contributed by atoms with van der Waals surface area (Å²) in [5.41, 5.74) is -2.18. The number of hydrogen-bond donors (Lipinski definition) is 1. The highest BCUT2D eigenvalue weighted by atomic mass is 19.4. The van der Waals surface area contributed by atoms with Gasteiger partial charge in [0.25, 0.3) is 0 Å². The molecule has 0 saturated heterocycles. The number of carboxylic acids is 1. The van der Waals surface area contributed by atoms with Gasteiger partial charge in [-0.05, 0) is 31.9 Å². The molecule has 0 aliphatic carbocycles. The Bertz CT molecular complexity index is 427. The number of halogens is 3. The van der Waals surface area contributed by atoms with E-state index in [1.54, 1.807) is 0 Å². The fraction of sp³-hybridized carbons (Fsp3) is 0.455. The van der Waals surface area contributed by atoms with Gasteiger partial charge >= 0.3 is 12.1 Å². The molecule has 1 rings (SSSR count). The average molecular weight is 247 g/mol. The largest absolute Gasteiger partial charge is 0.481 e. The molecule has 0 atom stereocenters. The Balaban J connectivity index is 3.12. The van der Waals surface area contributed by atoms with Crippen LogP contribution in [-0.4, -0.2) is 16.1 Å². The maximum Gasteiger partial charge on any atom is 0.418 e. The SMILES string of the molecule is CC(C)(Cc1ccncc1C(F)(F)F)C(=O)O. The predicted octanol–water partition coefficient (Wildman–Crippen LogP) is 2.75. The molecule has 0 amide bonds. The third kappa shape index (κ3) is 3.18. The summed E-state index contributed by atoms with van der Waals surface area (Å²) in [6, 6.07) is 1.20. The van der Waals surface area contributed by atoms with Crippen molar-refractivity contribution in [2.45, 2.75) is 26.4 Å². The summed E-state index contributed by atoms with van der Waals surface area (Å²) in [5.74, 6) is -1.14. The van der Waals surface area contributed by atoms with E-state index in [9.17, 15) is 18.0 Å². The van der Waals surface area contributed by atoms with Crippen molar-refractivity contribution >= 4 is 5.97 Å². The van der Waals surface area contributed by atoms with E-state index in [0.717, 1.165) is 0 Å². The number of hydrogen-bond acceptors (Lipinski definition) is 2. The first kappa shape index (κ1) is 13.5. The van der Waals surface area contributed by atoms with Crippen LogP contribution in [0.1, 0.15) is 25.0 Å². The second-order valence-corrected chi connectivity index (χ2v) is 4.40. The molecule has 0 aliphatic rings. The van der Waals surface area contributed by atoms with Gasteiger partial charge in [0.2, 0.25) is 0 Å². The Morgan fingerprint density at radius 3 is 2.47 bits per heavy atom. The number of rotatable bonds is 3. The summed E-state index contributed by atoms with van der Waals surface area (Å²) < 4.78 is 37.9. The lowest BCUT2D eigenvalue weighted by Crippen LogP contribution is -2.27. The highest BCUT2D eigenvalue weighted by molar-refractivity contribution is 5.74. The lowest BCUT2D eigenvalue weighted by atomic mass is 9.85. The zero-order valence-electron chi connectivity index (χ0n) is 9.38. The minimum absolute atomic E-state index is 0.0556. The van der Waals surface area contributed by atoms with Gasteiger partial charge in [-0.25, -0.2) is 0 Å². The molecule has 1 aromatic rings. The van der Waals surface area contributed by atoms with Gasteiger partial charge in [-0.15, -0.1) is 0 Å². The Kier molecular flexibility index (Phi) is 3.45. The molecule has 1 N–H and O–H groups in total. The molecule has 3 nitrogen and oxygen atoms in total. The van der Waals surface area contributed by atoms with Crippen molar-refractivity contribution in [2.24, 2.45) is 5.41 Å². The number of aromatic nitrogens is 1. The molecule has 0 spiro atoms. The van der Waals surface area contributed by atoms with Crippen molar-refractivity contribution in [1.29, 1.82) is 0 Å². The topological polar surface area (TPSA) is 50.2 Å². The Labute approximate surface area is 96.3 Å². The summed E-state index contributed by atoms with van der Waals surface area (Å²) in [5, 5.41) is 8.90. The summed E-state index contributed by atoms with van der Waals surface area (Å²) >= 11 is 0. The Hall–Kier alpha value is -1.59. The molecule has 17 heavy (non-hydrogen) atoms. The van der Waals surface area contributed by atoms with Crippen LogP contribution in [0.4, 0.5) is 13.2 Å². The molecule has 0 saturated carbocycles. The molecule has 0 bridgehead atoms. The summed E-state index contributed by atoms with van der Waals surface area (Å²) in [4.78, 5) is 14.3. The first-order valence-corrected chi connectivity index (χ1v) is 4.88. The van der Waals surface area contributed by atoms with Gasteiger partial charge in [0.1, 0.15) is 0 Å². The van der Waals surface area contributed by atoms with Gasteiger partial charge in [0, 0.05) is 12.4 Å². The van der Waals surface area contributed by atoms with Crippen LogP contribution >= 0.6 is 0 Å². The number of carbonyl (C=O) groups is 1. The van der Waals surface area contributed by atoms with E-state index < -0.39 is 23.1 Å². The van der Waals surface area contributed by atoms with E-state index in [4.69, 9.17) is 5.11 Å². The van der Waals surface area contributed by atoms with Crippen LogP contribution in [0.25, 0.3) is 0 Å². The van der Waals surface area contributed by atoms with Gasteiger partial charge < -0.3 is 5.11 Å². The average Bonchev–Trinajstić information content (AvgIpc) is 2.15. The third-order valence-electron chi connectivity index (χ3n) is 2.43. The number of aliphatic carboxylic acids is 1. The monoisotopic (exact) mass is 247 g/mol. The lowest BCUT2D eigenvalue weighted by Gasteiger charge is -2.21. The van der Waals surface area contributed by atoms with Crippen LogP contribution in [0.3, 0.4) is 0 Å². The summed E-state index contributed by atoms with van der Waals surface area (Å²) in [6.07, 6.45) is -2.77. The van der Waals surface area contributed by atoms with Crippen LogP contribution in [0, 0.1) is 5.41 Å². The molecule has 0 fully saturated rings. The predicted molar refractivity (Wildman–Crippen MR) is 54.4 cm³/mol. The van der Waals surface area contributed by atoms with E-state index >= 15 is 0 Å². The van der Waals surface area contributed by atoms with E-state index in [0.29, 0.717) is 6.20 Å². The van der Waals surface area contributed by atoms with Crippen molar-refractivity contribution in [1.82, 2.24) is 4.98 Å². The van der Waals surface area contributed by atoms with Gasteiger partial charge in [-0.1, -0.05) is 0 Å². The maximum absolute atomic E-state index is 12.6. The first-order chi connectivity index (χ1) is 7.64. The van der Waals surface area contributed by atoms with E-state index in [1.807, 2.05) is 0 Å². The number of carboxylic acid groups (broad SMARTS) is 1. The van der Waals surface area contributed by atoms with Crippen LogP contribution in [0.15, 0.2) is 18.5 Å². The Morgan fingerprint density at radius 1 is 1.41 bits per heavy atom. The summed E-state index contributed by atoms with van der Waals surface area (Å²) in [7, 11) is 0. The Morgan fingerprint density at radius 2 is 2.00 bits per heavy atom. The quantitative estimate of drug-likeness (QED) is 0.893. The second-order valence-electron chi connectivity index (χ2n) is 4.40. The fourth-order valence-corrected chi connectivity index (χ4v) is 1.38. The zero-order valence-corrected chi connectivity index (χ0v) is 9.38. The standard InChI is InChI=1S/C11H12F3NO2/c1-10(2,9(16)17)5-7-3-4-15-6-8(7)11(12,13)14/h3-4,6H,5H2,1-2H3,(H,16,17). The number of alkyl halides is 3. The first-order valence-electron chi connectivity index (χ1n) is 4.88. The minimum atomic E-state index is -4.52. The van der Waals surface area contributed by atoms with E-state index in [1.165, 1.54) is 26.1 Å². The molecular weight excluding hydrogens is 235 g/mol. The smallest absolute Gasteiger partial charge is 0.418 e. The van der Waals surface area contributed by atoms with Crippen molar-refractivity contribution in [3.8, 4) is 0 Å². The van der Waals surface area contributed by atoms with Crippen LogP contribution in [0.2, 0.25) is 0 Å². The molecule has 94 valence electrons. The van der Waals surface area contributed by atoms with Gasteiger partial charge in [-0.2, -0.15) is 13.2 Å².